The van der Waals surface area contributed by atoms with Crippen LogP contribution in [0.1, 0.15) is 10.5 Å². The van der Waals surface area contributed by atoms with Gasteiger partial charge in [0.1, 0.15) is 0 Å². The average Bonchev–Trinajstić information content (AvgIpc) is 3.09. The van der Waals surface area contributed by atoms with Gasteiger partial charge in [-0.05, 0) is 12.1 Å². The lowest BCUT2D eigenvalue weighted by Crippen LogP contribution is -2.30. The van der Waals surface area contributed by atoms with Crippen LogP contribution in [0.3, 0.4) is 0 Å². The largest absolute Gasteiger partial charge is 0.461 e. The number of aliphatic hydroxyl groups is 2. The molecule has 1 aliphatic rings. The fourth-order valence-electron chi connectivity index (χ4n) is 2.01. The molecule has 2 aromatic heterocycles. The maximum atomic E-state index is 12.1. The van der Waals surface area contributed by atoms with E-state index in [1.165, 1.54) is 17.2 Å². The van der Waals surface area contributed by atoms with Crippen molar-refractivity contribution in [1.29, 1.82) is 0 Å². The number of aromatic nitrogens is 1. The number of hydrogen-bond acceptors (Lipinski definition) is 6. The molecule has 1 saturated heterocycles. The van der Waals surface area contributed by atoms with Crippen LogP contribution in [0.5, 0.6) is 0 Å². The average molecular weight is 264 g/mol. The molecule has 7 nitrogen and oxygen atoms in total. The zero-order valence-corrected chi connectivity index (χ0v) is 9.89. The molecule has 100 valence electrons. The molecule has 0 unspecified atom stereocenters. The van der Waals surface area contributed by atoms with Crippen LogP contribution in [0, 0.1) is 0 Å². The normalized spacial score (nSPS) is 22.9. The molecule has 7 heteroatoms. The number of carbonyl (C=O) groups excluding carboxylic acids is 1. The van der Waals surface area contributed by atoms with Crippen LogP contribution >= 0.6 is 0 Å². The van der Waals surface area contributed by atoms with Crippen molar-refractivity contribution in [3.8, 4) is 11.5 Å². The second kappa shape index (κ2) is 4.52. The molecule has 3 rings (SSSR count). The van der Waals surface area contributed by atoms with E-state index in [0.29, 0.717) is 11.5 Å². The van der Waals surface area contributed by atoms with Gasteiger partial charge >= 0.3 is 0 Å². The number of carbonyl (C=O) groups is 1. The molecule has 1 aliphatic heterocycles. The van der Waals surface area contributed by atoms with Gasteiger partial charge in [0.25, 0.3) is 5.91 Å². The first-order valence-corrected chi connectivity index (χ1v) is 5.81. The molecule has 19 heavy (non-hydrogen) atoms. The third-order valence-corrected chi connectivity index (χ3v) is 3.04. The van der Waals surface area contributed by atoms with Crippen molar-refractivity contribution in [2.24, 2.45) is 0 Å². The molecule has 0 aliphatic carbocycles. The van der Waals surface area contributed by atoms with E-state index in [1.54, 1.807) is 12.1 Å². The van der Waals surface area contributed by atoms with Gasteiger partial charge in [-0.25, -0.2) is 0 Å². The Kier molecular flexibility index (Phi) is 2.84. The first kappa shape index (κ1) is 11.9. The van der Waals surface area contributed by atoms with Crippen LogP contribution in [0.25, 0.3) is 11.5 Å². The zero-order valence-electron chi connectivity index (χ0n) is 9.89. The predicted octanol–water partition coefficient (Wildman–Crippen LogP) is 0.112. The van der Waals surface area contributed by atoms with E-state index in [-0.39, 0.29) is 18.8 Å². The number of nitrogens with zero attached hydrogens (tertiary/aromatic N) is 2. The molecular weight excluding hydrogens is 252 g/mol. The summed E-state index contributed by atoms with van der Waals surface area (Å²) in [6.45, 7) is 0.173. The van der Waals surface area contributed by atoms with Gasteiger partial charge in [0, 0.05) is 19.2 Å². The number of amides is 1. The van der Waals surface area contributed by atoms with Gasteiger partial charge in [0.15, 0.2) is 11.5 Å². The second-order valence-corrected chi connectivity index (χ2v) is 4.40. The number of rotatable bonds is 2. The van der Waals surface area contributed by atoms with E-state index >= 15 is 0 Å². The molecule has 1 fully saturated rings. The molecule has 2 aromatic rings. The smallest absolute Gasteiger partial charge is 0.276 e. The molecule has 0 saturated carbocycles. The topological polar surface area (TPSA) is 99.9 Å². The van der Waals surface area contributed by atoms with Crippen LogP contribution in [0.2, 0.25) is 0 Å². The highest BCUT2D eigenvalue weighted by Crippen LogP contribution is 2.22. The number of aliphatic hydroxyl groups excluding tert-OH is 2. The first-order chi connectivity index (χ1) is 9.15. The fourth-order valence-corrected chi connectivity index (χ4v) is 2.01. The van der Waals surface area contributed by atoms with Crippen LogP contribution in [-0.2, 0) is 0 Å². The number of likely N-dealkylation sites (tertiary alicyclic amines) is 1. The molecule has 0 bridgehead atoms. The Morgan fingerprint density at radius 3 is 2.68 bits per heavy atom. The third-order valence-electron chi connectivity index (χ3n) is 3.04. The summed E-state index contributed by atoms with van der Waals surface area (Å²) in [5.41, 5.74) is 0.118. The summed E-state index contributed by atoms with van der Waals surface area (Å²) in [5.74, 6) is 0.443. The maximum Gasteiger partial charge on any atom is 0.276 e. The van der Waals surface area contributed by atoms with E-state index in [2.05, 4.69) is 5.16 Å². The lowest BCUT2D eigenvalue weighted by molar-refractivity contribution is 0.0572. The van der Waals surface area contributed by atoms with Crippen molar-refractivity contribution in [3.63, 3.8) is 0 Å². The highest BCUT2D eigenvalue weighted by molar-refractivity contribution is 5.93. The molecule has 0 radical (unpaired) electrons. The van der Waals surface area contributed by atoms with Gasteiger partial charge in [-0.15, -0.1) is 0 Å². The van der Waals surface area contributed by atoms with Crippen molar-refractivity contribution < 1.29 is 23.9 Å². The quantitative estimate of drug-likeness (QED) is 0.798. The van der Waals surface area contributed by atoms with Gasteiger partial charge in [-0.2, -0.15) is 0 Å². The fraction of sp³-hybridized carbons (Fsp3) is 0.333. The van der Waals surface area contributed by atoms with E-state index < -0.39 is 18.1 Å². The Morgan fingerprint density at radius 2 is 2.05 bits per heavy atom. The Labute approximate surface area is 108 Å². The summed E-state index contributed by atoms with van der Waals surface area (Å²) in [5, 5.41) is 22.5. The van der Waals surface area contributed by atoms with Crippen molar-refractivity contribution in [2.45, 2.75) is 12.2 Å². The van der Waals surface area contributed by atoms with Crippen molar-refractivity contribution >= 4 is 5.91 Å². The third kappa shape index (κ3) is 2.13. The number of hydrogen-bond donors (Lipinski definition) is 2. The number of furan rings is 1. The summed E-state index contributed by atoms with van der Waals surface area (Å²) in [4.78, 5) is 13.4. The summed E-state index contributed by atoms with van der Waals surface area (Å²) in [6.07, 6.45) is -0.340. The van der Waals surface area contributed by atoms with E-state index in [1.807, 2.05) is 0 Å². The maximum absolute atomic E-state index is 12.1. The minimum atomic E-state index is -0.916. The van der Waals surface area contributed by atoms with Crippen LogP contribution in [0.4, 0.5) is 0 Å². The summed E-state index contributed by atoms with van der Waals surface area (Å²) in [7, 11) is 0. The minimum Gasteiger partial charge on any atom is -0.461 e. The van der Waals surface area contributed by atoms with E-state index in [0.717, 1.165) is 0 Å². The summed E-state index contributed by atoms with van der Waals surface area (Å²) >= 11 is 0. The standard InChI is InChI=1S/C12H12N2O5/c15-8-5-14(6-9(8)16)12(17)7-4-11(19-13-7)10-2-1-3-18-10/h1-4,8-9,15-16H,5-6H2/t8-,9+. The highest BCUT2D eigenvalue weighted by atomic mass is 16.5. The summed E-state index contributed by atoms with van der Waals surface area (Å²) in [6, 6.07) is 4.86. The van der Waals surface area contributed by atoms with E-state index in [9.17, 15) is 15.0 Å². The van der Waals surface area contributed by atoms with Crippen molar-refractivity contribution in [2.75, 3.05) is 13.1 Å². The van der Waals surface area contributed by atoms with Crippen molar-refractivity contribution in [1.82, 2.24) is 10.1 Å². The van der Waals surface area contributed by atoms with Gasteiger partial charge in [0.05, 0.1) is 18.5 Å². The predicted molar refractivity (Wildman–Crippen MR) is 62.1 cm³/mol. The van der Waals surface area contributed by atoms with Gasteiger partial charge in [0.2, 0.25) is 5.76 Å². The van der Waals surface area contributed by atoms with Gasteiger partial charge in [-0.1, -0.05) is 5.16 Å². The van der Waals surface area contributed by atoms with Crippen LogP contribution in [0.15, 0.2) is 33.4 Å². The monoisotopic (exact) mass is 264 g/mol. The Morgan fingerprint density at radius 1 is 1.32 bits per heavy atom. The number of β-amino-alcohol motifs (C(OH)–C–C–N with tert-alkyl or cyclic N) is 2. The SMILES string of the molecule is O=C(c1cc(-c2ccco2)on1)N1C[C@@H](O)[C@@H](O)C1. The van der Waals surface area contributed by atoms with Crippen LogP contribution in [-0.4, -0.2) is 51.5 Å². The molecule has 3 heterocycles. The summed E-state index contributed by atoms with van der Waals surface area (Å²) < 4.78 is 10.2. The second-order valence-electron chi connectivity index (χ2n) is 4.40. The molecule has 2 N–H and O–H groups in total. The van der Waals surface area contributed by atoms with Gasteiger partial charge in [-0.3, -0.25) is 4.79 Å². The molecule has 0 aromatic carbocycles. The Bertz CT molecular complexity index is 567. The van der Waals surface area contributed by atoms with Gasteiger partial charge < -0.3 is 24.1 Å². The first-order valence-electron chi connectivity index (χ1n) is 5.81. The molecular formula is C12H12N2O5. The molecule has 2 atom stereocenters. The minimum absolute atomic E-state index is 0.0863. The van der Waals surface area contributed by atoms with Crippen LogP contribution < -0.4 is 0 Å². The molecule has 1 amide bonds. The highest BCUT2D eigenvalue weighted by Gasteiger charge is 2.34. The Hall–Kier alpha value is -2.12. The Balaban J connectivity index is 1.78. The van der Waals surface area contributed by atoms with E-state index in [4.69, 9.17) is 8.94 Å². The molecule has 0 spiro atoms. The lowest BCUT2D eigenvalue weighted by atomic mass is 10.3. The zero-order chi connectivity index (χ0) is 13.4. The van der Waals surface area contributed by atoms with Crippen molar-refractivity contribution in [3.05, 3.63) is 30.2 Å². The lowest BCUT2D eigenvalue weighted by Gasteiger charge is -2.12.